The maximum Gasteiger partial charge on any atom is 0.0756 e. The number of aliphatic hydroxyl groups excluding tert-OH is 1. The van der Waals surface area contributed by atoms with Crippen molar-refractivity contribution < 1.29 is 9.94 Å². The van der Waals surface area contributed by atoms with E-state index in [2.05, 4.69) is 5.06 Å². The van der Waals surface area contributed by atoms with Gasteiger partial charge in [-0.25, -0.2) is 0 Å². The van der Waals surface area contributed by atoms with Gasteiger partial charge >= 0.3 is 0 Å². The molecule has 0 amide bonds. The third kappa shape index (κ3) is 0.953. The number of hydroxylamine groups is 2. The van der Waals surface area contributed by atoms with Crippen molar-refractivity contribution in [3.63, 3.8) is 0 Å². The van der Waals surface area contributed by atoms with E-state index in [4.69, 9.17) is 4.84 Å². The van der Waals surface area contributed by atoms with Crippen LogP contribution in [0.15, 0.2) is 0 Å². The molecule has 2 aliphatic heterocycles. The Morgan fingerprint density at radius 2 is 2.08 bits per heavy atom. The van der Waals surface area contributed by atoms with Crippen molar-refractivity contribution in [2.75, 3.05) is 13.2 Å². The molecule has 2 saturated heterocycles. The quantitative estimate of drug-likeness (QED) is 0.606. The average Bonchev–Trinajstić information content (AvgIpc) is 2.67. The Balaban J connectivity index is 1.94. The molecule has 3 rings (SSSR count). The predicted octanol–water partition coefficient (Wildman–Crippen LogP) is 0.927. The number of hydrogen-bond acceptors (Lipinski definition) is 3. The Hall–Kier alpha value is -0.120. The fourth-order valence-electron chi connectivity index (χ4n) is 3.45. The maximum absolute atomic E-state index is 9.91. The molecule has 0 aromatic carbocycles. The lowest BCUT2D eigenvalue weighted by Crippen LogP contribution is -2.53. The number of nitrogens with zero attached hydrogens (tertiary/aromatic N) is 1. The molecule has 3 unspecified atom stereocenters. The van der Waals surface area contributed by atoms with E-state index in [1.807, 2.05) is 0 Å². The van der Waals surface area contributed by atoms with Gasteiger partial charge in [0.15, 0.2) is 0 Å². The third-order valence-electron chi connectivity index (χ3n) is 4.16. The molecule has 3 aliphatic rings. The summed E-state index contributed by atoms with van der Waals surface area (Å²) in [7, 11) is 0. The second-order valence-corrected chi connectivity index (χ2v) is 4.67. The third-order valence-corrected chi connectivity index (χ3v) is 4.16. The van der Waals surface area contributed by atoms with Gasteiger partial charge in [-0.15, -0.1) is 0 Å². The van der Waals surface area contributed by atoms with E-state index in [0.717, 1.165) is 19.6 Å². The summed E-state index contributed by atoms with van der Waals surface area (Å²) in [5, 5.41) is 12.1. The first kappa shape index (κ1) is 8.21. The van der Waals surface area contributed by atoms with Gasteiger partial charge in [-0.05, 0) is 19.3 Å². The molecule has 0 radical (unpaired) electrons. The van der Waals surface area contributed by atoms with Crippen LogP contribution in [0.5, 0.6) is 0 Å². The first-order chi connectivity index (χ1) is 6.33. The van der Waals surface area contributed by atoms with Crippen molar-refractivity contribution in [2.45, 2.75) is 43.7 Å². The fraction of sp³-hybridized carbons (Fsp3) is 1.00. The monoisotopic (exact) mass is 183 g/mol. The van der Waals surface area contributed by atoms with Crippen LogP contribution in [0.3, 0.4) is 0 Å². The van der Waals surface area contributed by atoms with E-state index in [1.165, 1.54) is 25.7 Å². The summed E-state index contributed by atoms with van der Waals surface area (Å²) in [6.07, 6.45) is 5.86. The van der Waals surface area contributed by atoms with E-state index < -0.39 is 0 Å². The molecule has 74 valence electrons. The summed E-state index contributed by atoms with van der Waals surface area (Å²) in [6.45, 7) is 1.68. The van der Waals surface area contributed by atoms with Gasteiger partial charge in [0, 0.05) is 12.5 Å². The summed E-state index contributed by atoms with van der Waals surface area (Å²) < 4.78 is 0. The topological polar surface area (TPSA) is 32.7 Å². The van der Waals surface area contributed by atoms with Crippen LogP contribution in [0.1, 0.15) is 32.1 Å². The zero-order valence-electron chi connectivity index (χ0n) is 7.91. The number of hydrogen-bond donors (Lipinski definition) is 1. The number of piperidine rings is 1. The van der Waals surface area contributed by atoms with Crippen LogP contribution in [0.25, 0.3) is 0 Å². The second kappa shape index (κ2) is 2.69. The molecule has 0 aromatic heterocycles. The van der Waals surface area contributed by atoms with Crippen molar-refractivity contribution in [1.82, 2.24) is 5.06 Å². The highest BCUT2D eigenvalue weighted by Crippen LogP contribution is 2.49. The minimum absolute atomic E-state index is 0.114. The van der Waals surface area contributed by atoms with Crippen LogP contribution < -0.4 is 0 Å². The second-order valence-electron chi connectivity index (χ2n) is 4.67. The lowest BCUT2D eigenvalue weighted by atomic mass is 9.76. The Morgan fingerprint density at radius 1 is 1.31 bits per heavy atom. The Kier molecular flexibility index (Phi) is 1.70. The van der Waals surface area contributed by atoms with Crippen molar-refractivity contribution >= 4 is 0 Å². The standard InChI is InChI=1S/C10H17NO2/c12-9-3-6-11-10(4-1-2-5-10)8(9)7-13-11/h8-9,12H,1-7H2. The molecule has 1 spiro atoms. The lowest BCUT2D eigenvalue weighted by molar-refractivity contribution is -0.176. The van der Waals surface area contributed by atoms with Gasteiger partial charge in [-0.1, -0.05) is 12.8 Å². The maximum atomic E-state index is 9.91. The Morgan fingerprint density at radius 3 is 2.85 bits per heavy atom. The molecule has 1 saturated carbocycles. The highest BCUT2D eigenvalue weighted by molar-refractivity contribution is 5.05. The van der Waals surface area contributed by atoms with E-state index >= 15 is 0 Å². The molecule has 2 heterocycles. The normalized spacial score (nSPS) is 47.3. The molecule has 2 bridgehead atoms. The Labute approximate surface area is 78.6 Å². The van der Waals surface area contributed by atoms with Crippen molar-refractivity contribution in [3.8, 4) is 0 Å². The SMILES string of the molecule is OC1CCN2OCC1C21CCCC1. The molecule has 3 nitrogen and oxygen atoms in total. The van der Waals surface area contributed by atoms with Crippen LogP contribution in [-0.4, -0.2) is 35.0 Å². The van der Waals surface area contributed by atoms with E-state index in [0.29, 0.717) is 5.92 Å². The minimum atomic E-state index is -0.114. The zero-order valence-corrected chi connectivity index (χ0v) is 7.91. The molecule has 3 fully saturated rings. The molecular weight excluding hydrogens is 166 g/mol. The van der Waals surface area contributed by atoms with Gasteiger partial charge in [0.05, 0.1) is 18.2 Å². The smallest absolute Gasteiger partial charge is 0.0756 e. The zero-order chi connectivity index (χ0) is 8.89. The van der Waals surface area contributed by atoms with Crippen molar-refractivity contribution in [2.24, 2.45) is 5.92 Å². The largest absolute Gasteiger partial charge is 0.393 e. The van der Waals surface area contributed by atoms with Crippen molar-refractivity contribution in [3.05, 3.63) is 0 Å². The molecule has 1 aliphatic carbocycles. The summed E-state index contributed by atoms with van der Waals surface area (Å²) >= 11 is 0. The molecule has 13 heavy (non-hydrogen) atoms. The number of rotatable bonds is 0. The Bertz CT molecular complexity index is 213. The molecular formula is C10H17NO2. The van der Waals surface area contributed by atoms with Gasteiger partial charge in [-0.3, -0.25) is 4.84 Å². The average molecular weight is 183 g/mol. The summed E-state index contributed by atoms with van der Waals surface area (Å²) in [5.74, 6) is 0.392. The minimum Gasteiger partial charge on any atom is -0.393 e. The summed E-state index contributed by atoms with van der Waals surface area (Å²) in [4.78, 5) is 5.66. The molecule has 0 aromatic rings. The van der Waals surface area contributed by atoms with Crippen LogP contribution in [-0.2, 0) is 4.84 Å². The van der Waals surface area contributed by atoms with Crippen molar-refractivity contribution in [1.29, 1.82) is 0 Å². The van der Waals surface area contributed by atoms with Crippen LogP contribution in [0.4, 0.5) is 0 Å². The van der Waals surface area contributed by atoms with Gasteiger partial charge in [-0.2, -0.15) is 5.06 Å². The molecule has 1 N–H and O–H groups in total. The van der Waals surface area contributed by atoms with E-state index in [9.17, 15) is 5.11 Å². The fourth-order valence-corrected chi connectivity index (χ4v) is 3.45. The summed E-state index contributed by atoms with van der Waals surface area (Å²) in [5.41, 5.74) is 0.234. The van der Waals surface area contributed by atoms with E-state index in [-0.39, 0.29) is 11.6 Å². The highest BCUT2D eigenvalue weighted by Gasteiger charge is 2.56. The number of aliphatic hydroxyl groups is 1. The van der Waals surface area contributed by atoms with Crippen LogP contribution in [0, 0.1) is 5.92 Å². The van der Waals surface area contributed by atoms with Gasteiger partial charge in [0.25, 0.3) is 0 Å². The molecule has 3 atom stereocenters. The van der Waals surface area contributed by atoms with E-state index in [1.54, 1.807) is 0 Å². The van der Waals surface area contributed by atoms with Gasteiger partial charge in [0.2, 0.25) is 0 Å². The first-order valence-corrected chi connectivity index (χ1v) is 5.41. The lowest BCUT2D eigenvalue weighted by Gasteiger charge is -2.42. The predicted molar refractivity (Wildman–Crippen MR) is 48.0 cm³/mol. The first-order valence-electron chi connectivity index (χ1n) is 5.41. The van der Waals surface area contributed by atoms with Crippen LogP contribution in [0.2, 0.25) is 0 Å². The van der Waals surface area contributed by atoms with Gasteiger partial charge < -0.3 is 5.11 Å². The van der Waals surface area contributed by atoms with Gasteiger partial charge in [0.1, 0.15) is 0 Å². The summed E-state index contributed by atoms with van der Waals surface area (Å²) in [6, 6.07) is 0. The molecule has 3 heteroatoms. The highest BCUT2D eigenvalue weighted by atomic mass is 16.7. The van der Waals surface area contributed by atoms with Crippen LogP contribution >= 0.6 is 0 Å².